The minimum absolute atomic E-state index is 0.0307. The lowest BCUT2D eigenvalue weighted by atomic mass is 9.87. The zero-order chi connectivity index (χ0) is 29.5. The van der Waals surface area contributed by atoms with Gasteiger partial charge in [-0.05, 0) is 29.8 Å². The largest absolute Gasteiger partial charge is 0.505 e. The molecule has 6 rings (SSSR count). The number of thioether (sulfide) groups is 1. The predicted octanol–water partition coefficient (Wildman–Crippen LogP) is 3.06. The first-order valence-electron chi connectivity index (χ1n) is 13.4. The van der Waals surface area contributed by atoms with Gasteiger partial charge in [0, 0.05) is 41.4 Å². The Kier molecular flexibility index (Phi) is 7.54. The van der Waals surface area contributed by atoms with Crippen LogP contribution in [-0.2, 0) is 22.7 Å². The number of rotatable bonds is 7. The van der Waals surface area contributed by atoms with E-state index in [1.165, 1.54) is 17.8 Å². The fourth-order valence-corrected chi connectivity index (χ4v) is 6.52. The van der Waals surface area contributed by atoms with Crippen molar-refractivity contribution in [2.45, 2.75) is 24.2 Å². The van der Waals surface area contributed by atoms with Crippen molar-refractivity contribution in [3.63, 3.8) is 0 Å². The van der Waals surface area contributed by atoms with Crippen LogP contribution in [0.3, 0.4) is 0 Å². The summed E-state index contributed by atoms with van der Waals surface area (Å²) in [5.74, 6) is 0.0431. The molecule has 6 N–H and O–H groups in total. The number of hydrogen-bond donors (Lipinski definition) is 4. The SMILES string of the molecule is C=C(N)CNc1nc(OCC2CN(C)CCO2)nc2c(O)c(-c3ccc(F)c4c3C(C#N)=C(N)CS4)c3c(c12)COC3. The maximum atomic E-state index is 15.0. The first-order chi connectivity index (χ1) is 20.3. The van der Waals surface area contributed by atoms with E-state index in [9.17, 15) is 14.8 Å². The van der Waals surface area contributed by atoms with Gasteiger partial charge in [-0.3, -0.25) is 0 Å². The Labute approximate surface area is 245 Å². The van der Waals surface area contributed by atoms with Crippen molar-refractivity contribution in [2.24, 2.45) is 11.5 Å². The first-order valence-corrected chi connectivity index (χ1v) is 14.4. The molecule has 1 unspecified atom stereocenters. The van der Waals surface area contributed by atoms with Crippen LogP contribution in [0.15, 0.2) is 35.0 Å². The second-order valence-electron chi connectivity index (χ2n) is 10.4. The van der Waals surface area contributed by atoms with Crippen LogP contribution in [0.1, 0.15) is 16.7 Å². The molecule has 13 heteroatoms. The number of nitrogens with zero attached hydrogens (tertiary/aromatic N) is 4. The van der Waals surface area contributed by atoms with Crippen LogP contribution in [0, 0.1) is 17.1 Å². The number of likely N-dealkylation sites (N-methyl/N-ethyl adjacent to an activating group) is 1. The molecule has 1 fully saturated rings. The summed E-state index contributed by atoms with van der Waals surface area (Å²) in [7, 11) is 2.01. The van der Waals surface area contributed by atoms with E-state index in [2.05, 4.69) is 32.8 Å². The Morgan fingerprint density at radius 2 is 2.14 bits per heavy atom. The molecule has 3 aliphatic rings. The third-order valence-electron chi connectivity index (χ3n) is 7.47. The number of morpholine rings is 1. The number of nitriles is 1. The molecule has 0 bridgehead atoms. The molecule has 2 aromatic carbocycles. The fourth-order valence-electron chi connectivity index (χ4n) is 5.51. The first kappa shape index (κ1) is 28.0. The summed E-state index contributed by atoms with van der Waals surface area (Å²) in [5, 5.41) is 25.6. The lowest BCUT2D eigenvalue weighted by Gasteiger charge is -2.29. The van der Waals surface area contributed by atoms with Crippen LogP contribution >= 0.6 is 11.8 Å². The number of hydrogen-bond acceptors (Lipinski definition) is 12. The Morgan fingerprint density at radius 3 is 2.90 bits per heavy atom. The molecule has 0 spiro atoms. The van der Waals surface area contributed by atoms with Crippen molar-refractivity contribution in [1.29, 1.82) is 5.26 Å². The fraction of sp³-hybridized carbons (Fsp3) is 0.345. The van der Waals surface area contributed by atoms with Gasteiger partial charge in [0.15, 0.2) is 0 Å². The Bertz CT molecular complexity index is 1690. The number of phenols is 1. The summed E-state index contributed by atoms with van der Waals surface area (Å²) < 4.78 is 32.7. The third-order valence-corrected chi connectivity index (χ3v) is 8.61. The van der Waals surface area contributed by atoms with E-state index in [-0.39, 0.29) is 61.1 Å². The molecule has 4 heterocycles. The highest BCUT2D eigenvalue weighted by Crippen LogP contribution is 2.50. The maximum Gasteiger partial charge on any atom is 0.319 e. The molecule has 0 amide bonds. The second-order valence-corrected chi connectivity index (χ2v) is 11.4. The summed E-state index contributed by atoms with van der Waals surface area (Å²) in [6, 6.07) is 5.05. The minimum atomic E-state index is -0.464. The number of aromatic hydroxyl groups is 1. The molecule has 0 aliphatic carbocycles. The molecule has 1 atom stereocenters. The topological polar surface area (TPSA) is 165 Å². The van der Waals surface area contributed by atoms with Crippen molar-refractivity contribution < 1.29 is 23.7 Å². The number of aromatic nitrogens is 2. The number of nitrogens with one attached hydrogen (secondary N) is 1. The average Bonchev–Trinajstić information content (AvgIpc) is 3.45. The summed E-state index contributed by atoms with van der Waals surface area (Å²) in [6.45, 7) is 6.72. The molecule has 1 saturated heterocycles. The van der Waals surface area contributed by atoms with Crippen molar-refractivity contribution in [3.05, 3.63) is 52.6 Å². The lowest BCUT2D eigenvalue weighted by molar-refractivity contribution is -0.0416. The van der Waals surface area contributed by atoms with Gasteiger partial charge in [0.05, 0.1) is 42.2 Å². The molecule has 0 saturated carbocycles. The second kappa shape index (κ2) is 11.3. The van der Waals surface area contributed by atoms with Gasteiger partial charge in [0.1, 0.15) is 41.7 Å². The monoisotopic (exact) mass is 591 g/mol. The van der Waals surface area contributed by atoms with E-state index in [0.717, 1.165) is 12.1 Å². The summed E-state index contributed by atoms with van der Waals surface area (Å²) >= 11 is 1.22. The Hall–Kier alpha value is -4.09. The number of halogens is 1. The number of ether oxygens (including phenoxy) is 3. The van der Waals surface area contributed by atoms with E-state index < -0.39 is 5.82 Å². The van der Waals surface area contributed by atoms with E-state index in [1.807, 2.05) is 7.05 Å². The number of benzene rings is 2. The Balaban J connectivity index is 1.55. The van der Waals surface area contributed by atoms with Gasteiger partial charge in [-0.15, -0.1) is 11.8 Å². The molecule has 218 valence electrons. The molecular formula is C29H30FN7O4S. The predicted molar refractivity (Wildman–Crippen MR) is 157 cm³/mol. The van der Waals surface area contributed by atoms with E-state index in [0.29, 0.717) is 62.9 Å². The zero-order valence-corrected chi connectivity index (χ0v) is 23.8. The number of anilines is 1. The van der Waals surface area contributed by atoms with Crippen molar-refractivity contribution >= 4 is 34.1 Å². The molecule has 1 aromatic heterocycles. The van der Waals surface area contributed by atoms with Crippen LogP contribution in [-0.4, -0.2) is 71.7 Å². The summed E-state index contributed by atoms with van der Waals surface area (Å²) in [6.07, 6.45) is -0.175. The molecular weight excluding hydrogens is 561 g/mol. The number of phenolic OH excluding ortho intramolecular Hbond substituents is 1. The molecule has 42 heavy (non-hydrogen) atoms. The van der Waals surface area contributed by atoms with Gasteiger partial charge in [0.25, 0.3) is 0 Å². The Morgan fingerprint density at radius 1 is 1.33 bits per heavy atom. The van der Waals surface area contributed by atoms with Gasteiger partial charge < -0.3 is 41.0 Å². The van der Waals surface area contributed by atoms with Crippen molar-refractivity contribution in [3.8, 4) is 29.0 Å². The van der Waals surface area contributed by atoms with Gasteiger partial charge in [0.2, 0.25) is 0 Å². The number of allylic oxidation sites excluding steroid dienone is 1. The summed E-state index contributed by atoms with van der Waals surface area (Å²) in [5.41, 5.74) is 15.8. The van der Waals surface area contributed by atoms with Crippen LogP contribution in [0.2, 0.25) is 0 Å². The highest BCUT2D eigenvalue weighted by molar-refractivity contribution is 7.99. The smallest absolute Gasteiger partial charge is 0.319 e. The van der Waals surface area contributed by atoms with Crippen LogP contribution in [0.4, 0.5) is 10.2 Å². The average molecular weight is 592 g/mol. The van der Waals surface area contributed by atoms with Gasteiger partial charge in [-0.2, -0.15) is 15.2 Å². The van der Waals surface area contributed by atoms with Crippen molar-refractivity contribution in [1.82, 2.24) is 14.9 Å². The van der Waals surface area contributed by atoms with Crippen LogP contribution in [0.25, 0.3) is 27.6 Å². The summed E-state index contributed by atoms with van der Waals surface area (Å²) in [4.78, 5) is 11.7. The lowest BCUT2D eigenvalue weighted by Crippen LogP contribution is -2.42. The third kappa shape index (κ3) is 4.96. The number of fused-ring (bicyclic) bond motifs is 4. The van der Waals surface area contributed by atoms with Gasteiger partial charge in [-0.25, -0.2) is 4.39 Å². The highest BCUT2D eigenvalue weighted by Gasteiger charge is 2.32. The zero-order valence-electron chi connectivity index (χ0n) is 23.0. The van der Waals surface area contributed by atoms with E-state index >= 15 is 0 Å². The van der Waals surface area contributed by atoms with E-state index in [1.54, 1.807) is 6.07 Å². The van der Waals surface area contributed by atoms with Crippen LogP contribution < -0.4 is 21.5 Å². The standard InChI is InChI=1S/C29H30FN7O4S/c1-14(32)8-34-28-24-19-12-39-11-18(19)22(16-3-4-20(30)27-23(16)17(7-31)21(33)13-42-27)26(38)25(24)35-29(36-28)41-10-15-9-37(2)5-6-40-15/h3-4,15,38H,1,5-6,8-13,32-33H2,2H3,(H,34,35,36). The maximum absolute atomic E-state index is 15.0. The quantitative estimate of drug-likeness (QED) is 0.318. The van der Waals surface area contributed by atoms with Crippen molar-refractivity contribution in [2.75, 3.05) is 51.0 Å². The van der Waals surface area contributed by atoms with Gasteiger partial charge >= 0.3 is 6.01 Å². The minimum Gasteiger partial charge on any atom is -0.505 e. The van der Waals surface area contributed by atoms with Gasteiger partial charge in [-0.1, -0.05) is 12.6 Å². The highest BCUT2D eigenvalue weighted by atomic mass is 32.2. The normalized spacial score (nSPS) is 18.5. The molecule has 11 nitrogen and oxygen atoms in total. The van der Waals surface area contributed by atoms with Crippen LogP contribution in [0.5, 0.6) is 11.8 Å². The van der Waals surface area contributed by atoms with E-state index in [4.69, 9.17) is 25.7 Å². The molecule has 0 radical (unpaired) electrons. The molecule has 3 aromatic rings. The number of nitrogens with two attached hydrogens (primary N) is 2. The molecule has 3 aliphatic heterocycles.